The van der Waals surface area contributed by atoms with Gasteiger partial charge in [-0.2, -0.15) is 0 Å². The Morgan fingerprint density at radius 3 is 2.16 bits per heavy atom. The van der Waals surface area contributed by atoms with Crippen molar-refractivity contribution in [2.75, 3.05) is 7.11 Å². The highest BCUT2D eigenvalue weighted by Crippen LogP contribution is 2.27. The lowest BCUT2D eigenvalue weighted by Gasteiger charge is -2.11. The van der Waals surface area contributed by atoms with E-state index in [0.29, 0.717) is 6.61 Å². The van der Waals surface area contributed by atoms with E-state index in [0.717, 1.165) is 28.0 Å². The normalized spacial score (nSPS) is 10.3. The molecule has 0 saturated heterocycles. The summed E-state index contributed by atoms with van der Waals surface area (Å²) in [4.78, 5) is 11.7. The molecule has 25 heavy (non-hydrogen) atoms. The second-order valence-electron chi connectivity index (χ2n) is 5.76. The maximum Gasteiger partial charge on any atom is 0.309 e. The van der Waals surface area contributed by atoms with Gasteiger partial charge in [-0.15, -0.1) is 0 Å². The van der Waals surface area contributed by atoms with Gasteiger partial charge in [0.05, 0.1) is 13.5 Å². The summed E-state index contributed by atoms with van der Waals surface area (Å²) in [6, 6.07) is 25.9. The van der Waals surface area contributed by atoms with Crippen LogP contribution in [0.3, 0.4) is 0 Å². The second-order valence-corrected chi connectivity index (χ2v) is 5.76. The van der Waals surface area contributed by atoms with Crippen molar-refractivity contribution in [3.05, 3.63) is 90.0 Å². The largest absolute Gasteiger partial charge is 0.489 e. The number of rotatable bonds is 6. The van der Waals surface area contributed by atoms with E-state index in [1.165, 1.54) is 7.11 Å². The Labute approximate surface area is 147 Å². The van der Waals surface area contributed by atoms with Crippen LogP contribution in [-0.4, -0.2) is 13.1 Å². The Balaban J connectivity index is 1.87. The fourth-order valence-electron chi connectivity index (χ4n) is 2.62. The van der Waals surface area contributed by atoms with Crippen LogP contribution < -0.4 is 4.74 Å². The summed E-state index contributed by atoms with van der Waals surface area (Å²) >= 11 is 0. The molecule has 0 heterocycles. The molecule has 0 saturated carbocycles. The molecule has 3 aromatic rings. The van der Waals surface area contributed by atoms with Crippen molar-refractivity contribution < 1.29 is 14.3 Å². The predicted octanol–water partition coefficient (Wildman–Crippen LogP) is 4.65. The first-order valence-corrected chi connectivity index (χ1v) is 8.17. The van der Waals surface area contributed by atoms with Crippen LogP contribution >= 0.6 is 0 Å². The average Bonchev–Trinajstić information content (AvgIpc) is 2.67. The van der Waals surface area contributed by atoms with Crippen molar-refractivity contribution in [2.45, 2.75) is 13.0 Å². The Bertz CT molecular complexity index is 826. The summed E-state index contributed by atoms with van der Waals surface area (Å²) in [5.74, 6) is 0.475. The molecule has 0 aliphatic carbocycles. The number of carbonyl (C=O) groups is 1. The topological polar surface area (TPSA) is 35.5 Å². The molecule has 0 fully saturated rings. The first kappa shape index (κ1) is 16.8. The van der Waals surface area contributed by atoms with E-state index in [2.05, 4.69) is 0 Å². The van der Waals surface area contributed by atoms with E-state index < -0.39 is 0 Å². The molecule has 0 unspecified atom stereocenters. The number of carbonyl (C=O) groups excluding carboxylic acids is 1. The van der Waals surface area contributed by atoms with Gasteiger partial charge in [0, 0.05) is 0 Å². The molecular formula is C22H20O3. The van der Waals surface area contributed by atoms with Gasteiger partial charge in [-0.3, -0.25) is 4.79 Å². The van der Waals surface area contributed by atoms with Gasteiger partial charge < -0.3 is 9.47 Å². The summed E-state index contributed by atoms with van der Waals surface area (Å²) in [6.07, 6.45) is 0.221. The molecule has 0 N–H and O–H groups in total. The lowest BCUT2D eigenvalue weighted by Crippen LogP contribution is -2.05. The van der Waals surface area contributed by atoms with Crippen LogP contribution in [0.15, 0.2) is 78.9 Å². The molecule has 0 aliphatic heterocycles. The van der Waals surface area contributed by atoms with Gasteiger partial charge in [0.1, 0.15) is 12.4 Å². The number of hydrogen-bond donors (Lipinski definition) is 0. The SMILES string of the molecule is COC(=O)Cc1cc(OCc2ccccc2)cc(-c2ccccc2)c1. The summed E-state index contributed by atoms with van der Waals surface area (Å²) in [7, 11) is 1.40. The Hall–Kier alpha value is -3.07. The maximum atomic E-state index is 11.7. The standard InChI is InChI=1S/C22H20O3/c1-24-22(23)14-18-12-20(19-10-6-3-7-11-19)15-21(13-18)25-16-17-8-4-2-5-9-17/h2-13,15H,14,16H2,1H3. The zero-order valence-corrected chi connectivity index (χ0v) is 14.1. The van der Waals surface area contributed by atoms with E-state index in [1.807, 2.05) is 78.9 Å². The Kier molecular flexibility index (Phi) is 5.47. The smallest absolute Gasteiger partial charge is 0.309 e. The quantitative estimate of drug-likeness (QED) is 0.617. The van der Waals surface area contributed by atoms with Gasteiger partial charge in [0.2, 0.25) is 0 Å². The molecular weight excluding hydrogens is 312 g/mol. The third-order valence-corrected chi connectivity index (χ3v) is 3.90. The molecule has 3 heteroatoms. The van der Waals surface area contributed by atoms with Crippen molar-refractivity contribution in [1.29, 1.82) is 0 Å². The first-order valence-electron chi connectivity index (χ1n) is 8.17. The molecule has 3 rings (SSSR count). The molecule has 126 valence electrons. The van der Waals surface area contributed by atoms with Gasteiger partial charge in [-0.25, -0.2) is 0 Å². The first-order chi connectivity index (χ1) is 12.2. The minimum Gasteiger partial charge on any atom is -0.489 e. The van der Waals surface area contributed by atoms with Crippen molar-refractivity contribution in [2.24, 2.45) is 0 Å². The summed E-state index contributed by atoms with van der Waals surface area (Å²) in [5.41, 5.74) is 4.07. The second kappa shape index (κ2) is 8.15. The molecule has 0 aliphatic rings. The van der Waals surface area contributed by atoms with Crippen LogP contribution in [0.2, 0.25) is 0 Å². The number of esters is 1. The molecule has 0 aromatic heterocycles. The van der Waals surface area contributed by atoms with Crippen molar-refractivity contribution in [3.8, 4) is 16.9 Å². The highest BCUT2D eigenvalue weighted by Gasteiger charge is 2.09. The lowest BCUT2D eigenvalue weighted by atomic mass is 10.0. The van der Waals surface area contributed by atoms with E-state index in [9.17, 15) is 4.79 Å². The van der Waals surface area contributed by atoms with Gasteiger partial charge in [0.15, 0.2) is 0 Å². The van der Waals surface area contributed by atoms with E-state index in [1.54, 1.807) is 0 Å². The number of ether oxygens (including phenoxy) is 2. The molecule has 3 aromatic carbocycles. The van der Waals surface area contributed by atoms with Crippen molar-refractivity contribution >= 4 is 5.97 Å². The fraction of sp³-hybridized carbons (Fsp3) is 0.136. The molecule has 0 amide bonds. The lowest BCUT2D eigenvalue weighted by molar-refractivity contribution is -0.139. The fourth-order valence-corrected chi connectivity index (χ4v) is 2.62. The van der Waals surface area contributed by atoms with Crippen LogP contribution in [0, 0.1) is 0 Å². The van der Waals surface area contributed by atoms with Crippen LogP contribution in [0.4, 0.5) is 0 Å². The highest BCUT2D eigenvalue weighted by atomic mass is 16.5. The number of methoxy groups -OCH3 is 1. The third-order valence-electron chi connectivity index (χ3n) is 3.90. The molecule has 0 radical (unpaired) electrons. The number of benzene rings is 3. The Morgan fingerprint density at radius 1 is 0.800 bits per heavy atom. The minimum absolute atomic E-state index is 0.221. The third kappa shape index (κ3) is 4.70. The minimum atomic E-state index is -0.265. The van der Waals surface area contributed by atoms with Crippen LogP contribution in [0.5, 0.6) is 5.75 Å². The van der Waals surface area contributed by atoms with Crippen molar-refractivity contribution in [1.82, 2.24) is 0 Å². The van der Waals surface area contributed by atoms with Crippen LogP contribution in [-0.2, 0) is 22.6 Å². The van der Waals surface area contributed by atoms with Crippen LogP contribution in [0.25, 0.3) is 11.1 Å². The number of hydrogen-bond acceptors (Lipinski definition) is 3. The van der Waals surface area contributed by atoms with Gasteiger partial charge in [-0.05, 0) is 34.4 Å². The van der Waals surface area contributed by atoms with Gasteiger partial charge in [-0.1, -0.05) is 66.7 Å². The van der Waals surface area contributed by atoms with E-state index in [4.69, 9.17) is 9.47 Å². The maximum absolute atomic E-state index is 11.7. The molecule has 0 spiro atoms. The monoisotopic (exact) mass is 332 g/mol. The summed E-state index contributed by atoms with van der Waals surface area (Å²) in [6.45, 7) is 0.483. The van der Waals surface area contributed by atoms with Gasteiger partial charge in [0.25, 0.3) is 0 Å². The molecule has 3 nitrogen and oxygen atoms in total. The average molecular weight is 332 g/mol. The highest BCUT2D eigenvalue weighted by molar-refractivity contribution is 5.74. The summed E-state index contributed by atoms with van der Waals surface area (Å²) in [5, 5.41) is 0. The molecule has 0 bridgehead atoms. The van der Waals surface area contributed by atoms with Crippen molar-refractivity contribution in [3.63, 3.8) is 0 Å². The van der Waals surface area contributed by atoms with Gasteiger partial charge >= 0.3 is 5.97 Å². The molecule has 0 atom stereocenters. The van der Waals surface area contributed by atoms with E-state index >= 15 is 0 Å². The Morgan fingerprint density at radius 2 is 1.48 bits per heavy atom. The predicted molar refractivity (Wildman–Crippen MR) is 98.4 cm³/mol. The zero-order valence-electron chi connectivity index (χ0n) is 14.1. The van der Waals surface area contributed by atoms with E-state index in [-0.39, 0.29) is 12.4 Å². The summed E-state index contributed by atoms with van der Waals surface area (Å²) < 4.78 is 10.7. The van der Waals surface area contributed by atoms with Crippen LogP contribution in [0.1, 0.15) is 11.1 Å². The zero-order chi connectivity index (χ0) is 17.5.